The van der Waals surface area contributed by atoms with Gasteiger partial charge in [-0.3, -0.25) is 14.9 Å². The van der Waals surface area contributed by atoms with Crippen LogP contribution in [-0.4, -0.2) is 24.0 Å². The van der Waals surface area contributed by atoms with Crippen molar-refractivity contribution >= 4 is 32.7 Å². The van der Waals surface area contributed by atoms with Gasteiger partial charge in [-0.25, -0.2) is 18.1 Å². The lowest BCUT2D eigenvalue weighted by molar-refractivity contribution is 0.101. The average molecular weight is 420 g/mol. The molecule has 1 aromatic heterocycles. The van der Waals surface area contributed by atoms with Crippen molar-refractivity contribution in [2.75, 3.05) is 10.1 Å². The predicted octanol–water partition coefficient (Wildman–Crippen LogP) is 3.84. The fourth-order valence-electron chi connectivity index (χ4n) is 3.08. The Hall–Kier alpha value is -3.65. The summed E-state index contributed by atoms with van der Waals surface area (Å²) in [6.07, 6.45) is 1.51. The number of amides is 1. The monoisotopic (exact) mass is 420 g/mol. The lowest BCUT2D eigenvalue weighted by atomic mass is 10.1. The molecular weight excluding hydrogens is 400 g/mol. The lowest BCUT2D eigenvalue weighted by Crippen LogP contribution is -2.23. The summed E-state index contributed by atoms with van der Waals surface area (Å²) in [4.78, 5) is 17.0. The molecule has 0 saturated carbocycles. The number of anilines is 1. The van der Waals surface area contributed by atoms with Gasteiger partial charge in [-0.2, -0.15) is 0 Å². The second-order valence-corrected chi connectivity index (χ2v) is 8.65. The van der Waals surface area contributed by atoms with Crippen LogP contribution in [0.25, 0.3) is 11.0 Å². The predicted molar refractivity (Wildman–Crippen MR) is 117 cm³/mol. The number of para-hydroxylation sites is 2. The Morgan fingerprint density at radius 1 is 0.967 bits per heavy atom. The van der Waals surface area contributed by atoms with Gasteiger partial charge in [0.2, 0.25) is 0 Å². The maximum absolute atomic E-state index is 12.9. The maximum atomic E-state index is 12.9. The Balaban J connectivity index is 1.62. The van der Waals surface area contributed by atoms with Crippen LogP contribution in [0.15, 0.2) is 78.0 Å². The van der Waals surface area contributed by atoms with E-state index in [-0.39, 0.29) is 10.5 Å². The molecule has 0 aliphatic rings. The zero-order valence-electron chi connectivity index (χ0n) is 16.5. The Morgan fingerprint density at radius 2 is 1.70 bits per heavy atom. The number of benzene rings is 3. The van der Waals surface area contributed by atoms with Crippen molar-refractivity contribution < 1.29 is 13.2 Å². The summed E-state index contributed by atoms with van der Waals surface area (Å²) in [5.41, 5.74) is 6.47. The number of carbonyl (C=O) groups excluding carboxylic acids is 1. The van der Waals surface area contributed by atoms with E-state index in [2.05, 4.69) is 15.1 Å². The minimum atomic E-state index is -3.86. The zero-order valence-corrected chi connectivity index (χ0v) is 17.3. The third-order valence-corrected chi connectivity index (χ3v) is 6.24. The summed E-state index contributed by atoms with van der Waals surface area (Å²) in [5, 5.41) is 0. The van der Waals surface area contributed by atoms with Gasteiger partial charge in [0, 0.05) is 11.3 Å². The Kier molecular flexibility index (Phi) is 5.01. The Morgan fingerprint density at radius 3 is 2.47 bits per heavy atom. The first kappa shape index (κ1) is 19.7. The summed E-state index contributed by atoms with van der Waals surface area (Å²) in [6.45, 7) is 3.61. The van der Waals surface area contributed by atoms with Crippen LogP contribution in [-0.2, 0) is 10.0 Å². The first-order valence-electron chi connectivity index (χ1n) is 9.27. The zero-order chi connectivity index (χ0) is 21.3. The smallest absolute Gasteiger partial charge is 0.270 e. The number of aromatic nitrogens is 2. The van der Waals surface area contributed by atoms with Gasteiger partial charge < -0.3 is 0 Å². The molecule has 0 atom stereocenters. The van der Waals surface area contributed by atoms with Gasteiger partial charge in [-0.15, -0.1) is 0 Å². The van der Waals surface area contributed by atoms with Gasteiger partial charge in [-0.1, -0.05) is 35.9 Å². The van der Waals surface area contributed by atoms with E-state index in [1.165, 1.54) is 17.1 Å². The van der Waals surface area contributed by atoms with Crippen molar-refractivity contribution in [2.45, 2.75) is 18.7 Å². The van der Waals surface area contributed by atoms with Crippen LogP contribution < -0.4 is 10.1 Å². The first-order chi connectivity index (χ1) is 14.3. The molecule has 0 unspecified atom stereocenters. The number of nitrogens with one attached hydrogen (secondary N) is 2. The summed E-state index contributed by atoms with van der Waals surface area (Å²) in [6, 6.07) is 19.0. The molecule has 4 aromatic rings. The molecule has 7 nitrogen and oxygen atoms in total. The van der Waals surface area contributed by atoms with Crippen molar-refractivity contribution in [1.82, 2.24) is 9.66 Å². The second-order valence-electron chi connectivity index (χ2n) is 7.00. The van der Waals surface area contributed by atoms with E-state index < -0.39 is 15.9 Å². The number of rotatable bonds is 5. The van der Waals surface area contributed by atoms with Gasteiger partial charge in [0.05, 0.1) is 15.9 Å². The number of aryl methyl sites for hydroxylation is 2. The van der Waals surface area contributed by atoms with Crippen LogP contribution in [0, 0.1) is 13.8 Å². The standard InChI is InChI=1S/C22H20N4O3S/c1-15-7-11-18(12-8-15)25-30(28,29)21-13-17(10-9-16(21)2)22(27)24-26-14-23-19-5-3-4-6-20(19)26/h3-14,25H,1-2H3,(H,24,27). The molecule has 0 bridgehead atoms. The van der Waals surface area contributed by atoms with E-state index in [0.717, 1.165) is 16.6 Å². The number of sulfonamides is 1. The summed E-state index contributed by atoms with van der Waals surface area (Å²) in [5.74, 6) is -0.440. The highest BCUT2D eigenvalue weighted by molar-refractivity contribution is 7.92. The van der Waals surface area contributed by atoms with Crippen LogP contribution in [0.2, 0.25) is 0 Å². The van der Waals surface area contributed by atoms with E-state index in [9.17, 15) is 13.2 Å². The molecule has 8 heteroatoms. The van der Waals surface area contributed by atoms with E-state index in [4.69, 9.17) is 0 Å². The average Bonchev–Trinajstić information content (AvgIpc) is 3.12. The van der Waals surface area contributed by atoms with Crippen LogP contribution in [0.5, 0.6) is 0 Å². The van der Waals surface area contributed by atoms with Crippen molar-refractivity contribution in [2.24, 2.45) is 0 Å². The highest BCUT2D eigenvalue weighted by Gasteiger charge is 2.20. The van der Waals surface area contributed by atoms with Crippen molar-refractivity contribution in [3.8, 4) is 0 Å². The molecule has 3 aromatic carbocycles. The van der Waals surface area contributed by atoms with Gasteiger partial charge in [-0.05, 0) is 55.8 Å². The molecule has 152 valence electrons. The SMILES string of the molecule is Cc1ccc(NS(=O)(=O)c2cc(C(=O)Nn3cnc4ccccc43)ccc2C)cc1. The molecular formula is C22H20N4O3S. The first-order valence-corrected chi connectivity index (χ1v) is 10.8. The van der Waals surface area contributed by atoms with E-state index in [1.807, 2.05) is 43.3 Å². The molecule has 1 amide bonds. The van der Waals surface area contributed by atoms with Gasteiger partial charge >= 0.3 is 0 Å². The topological polar surface area (TPSA) is 93.1 Å². The number of fused-ring (bicyclic) bond motifs is 1. The number of carbonyl (C=O) groups is 1. The molecule has 0 spiro atoms. The normalized spacial score (nSPS) is 11.4. The molecule has 1 heterocycles. The summed E-state index contributed by atoms with van der Waals surface area (Å²) in [7, 11) is -3.86. The number of nitrogens with zero attached hydrogens (tertiary/aromatic N) is 2. The Bertz CT molecular complexity index is 1340. The quantitative estimate of drug-likeness (QED) is 0.513. The molecule has 0 aliphatic carbocycles. The van der Waals surface area contributed by atoms with Crippen LogP contribution in [0.1, 0.15) is 21.5 Å². The molecule has 0 saturated heterocycles. The third-order valence-electron chi connectivity index (χ3n) is 4.72. The second kappa shape index (κ2) is 7.64. The van der Waals surface area contributed by atoms with E-state index in [1.54, 1.807) is 31.2 Å². The summed E-state index contributed by atoms with van der Waals surface area (Å²) >= 11 is 0. The fourth-order valence-corrected chi connectivity index (χ4v) is 4.42. The molecule has 0 radical (unpaired) electrons. The Labute approximate surface area is 174 Å². The van der Waals surface area contributed by atoms with Gasteiger partial charge in [0.1, 0.15) is 6.33 Å². The minimum Gasteiger partial charge on any atom is -0.280 e. The van der Waals surface area contributed by atoms with Gasteiger partial charge in [0.25, 0.3) is 15.9 Å². The number of hydrogen-bond donors (Lipinski definition) is 2. The number of imidazole rings is 1. The summed E-state index contributed by atoms with van der Waals surface area (Å²) < 4.78 is 29.9. The third kappa shape index (κ3) is 3.90. The molecule has 0 aliphatic heterocycles. The largest absolute Gasteiger partial charge is 0.280 e. The molecule has 4 rings (SSSR count). The van der Waals surface area contributed by atoms with Crippen molar-refractivity contribution in [3.63, 3.8) is 0 Å². The van der Waals surface area contributed by atoms with Crippen molar-refractivity contribution in [3.05, 3.63) is 89.7 Å². The van der Waals surface area contributed by atoms with Crippen molar-refractivity contribution in [1.29, 1.82) is 0 Å². The van der Waals surface area contributed by atoms with Crippen LogP contribution in [0.3, 0.4) is 0 Å². The highest BCUT2D eigenvalue weighted by Crippen LogP contribution is 2.21. The van der Waals surface area contributed by atoms with E-state index >= 15 is 0 Å². The molecule has 0 fully saturated rings. The highest BCUT2D eigenvalue weighted by atomic mass is 32.2. The van der Waals surface area contributed by atoms with E-state index in [0.29, 0.717) is 11.3 Å². The maximum Gasteiger partial charge on any atom is 0.270 e. The van der Waals surface area contributed by atoms with Crippen LogP contribution in [0.4, 0.5) is 5.69 Å². The fraction of sp³-hybridized carbons (Fsp3) is 0.0909. The number of hydrogen-bond acceptors (Lipinski definition) is 4. The lowest BCUT2D eigenvalue weighted by Gasteiger charge is -2.13. The minimum absolute atomic E-state index is 0.0474. The van der Waals surface area contributed by atoms with Gasteiger partial charge in [0.15, 0.2) is 0 Å². The molecule has 30 heavy (non-hydrogen) atoms. The van der Waals surface area contributed by atoms with Crippen LogP contribution >= 0.6 is 0 Å². The molecule has 2 N–H and O–H groups in total.